The summed E-state index contributed by atoms with van der Waals surface area (Å²) < 4.78 is 7.68. The molecule has 2 unspecified atom stereocenters. The van der Waals surface area contributed by atoms with E-state index in [0.717, 1.165) is 30.2 Å². The zero-order valence-corrected chi connectivity index (χ0v) is 12.3. The summed E-state index contributed by atoms with van der Waals surface area (Å²) in [5.74, 6) is 1.42. The fourth-order valence-electron chi connectivity index (χ4n) is 2.80. The number of fused-ring (bicyclic) bond motifs is 1. The van der Waals surface area contributed by atoms with Crippen LogP contribution in [0.4, 0.5) is 5.69 Å². The SMILES string of the molecule is CCc1nn(C)cc1NC1c2ccccc2OCC1C. The number of aromatic nitrogens is 2. The number of ether oxygens (including phenoxy) is 1. The molecular weight excluding hydrogens is 250 g/mol. The number of aryl methyl sites for hydroxylation is 2. The van der Waals surface area contributed by atoms with E-state index in [9.17, 15) is 0 Å². The Labute approximate surface area is 119 Å². The second-order valence-electron chi connectivity index (χ2n) is 5.46. The molecule has 0 aliphatic carbocycles. The summed E-state index contributed by atoms with van der Waals surface area (Å²) in [6.45, 7) is 5.10. The second kappa shape index (κ2) is 5.19. The van der Waals surface area contributed by atoms with E-state index >= 15 is 0 Å². The molecule has 0 amide bonds. The molecule has 2 aromatic rings. The monoisotopic (exact) mass is 271 g/mol. The lowest BCUT2D eigenvalue weighted by Gasteiger charge is -2.32. The third-order valence-electron chi connectivity index (χ3n) is 3.88. The molecule has 1 aliphatic heterocycles. The summed E-state index contributed by atoms with van der Waals surface area (Å²) in [4.78, 5) is 0. The van der Waals surface area contributed by atoms with E-state index < -0.39 is 0 Å². The molecule has 0 fully saturated rings. The maximum absolute atomic E-state index is 5.80. The molecule has 2 heterocycles. The van der Waals surface area contributed by atoms with Crippen LogP contribution in [0.3, 0.4) is 0 Å². The molecule has 0 saturated carbocycles. The third kappa shape index (κ3) is 2.26. The molecular formula is C16H21N3O. The van der Waals surface area contributed by atoms with Crippen molar-refractivity contribution in [3.8, 4) is 5.75 Å². The predicted molar refractivity (Wildman–Crippen MR) is 80.1 cm³/mol. The molecule has 3 rings (SSSR count). The molecule has 4 nitrogen and oxygen atoms in total. The average Bonchev–Trinajstić information content (AvgIpc) is 2.82. The van der Waals surface area contributed by atoms with Crippen molar-refractivity contribution in [1.82, 2.24) is 9.78 Å². The molecule has 1 N–H and O–H groups in total. The Balaban J connectivity index is 1.93. The highest BCUT2D eigenvalue weighted by molar-refractivity contribution is 5.51. The van der Waals surface area contributed by atoms with Crippen LogP contribution in [0.25, 0.3) is 0 Å². The average molecular weight is 271 g/mol. The molecule has 0 bridgehead atoms. The standard InChI is InChI=1S/C16H21N3O/c1-4-13-14(9-19(3)18-13)17-16-11(2)10-20-15-8-6-5-7-12(15)16/h5-9,11,16-17H,4,10H2,1-3H3. The van der Waals surface area contributed by atoms with Gasteiger partial charge in [-0.15, -0.1) is 0 Å². The minimum Gasteiger partial charge on any atom is -0.493 e. The van der Waals surface area contributed by atoms with Gasteiger partial charge in [-0.1, -0.05) is 32.0 Å². The van der Waals surface area contributed by atoms with Gasteiger partial charge < -0.3 is 10.1 Å². The fourth-order valence-corrected chi connectivity index (χ4v) is 2.80. The van der Waals surface area contributed by atoms with Crippen LogP contribution in [-0.2, 0) is 13.5 Å². The molecule has 106 valence electrons. The van der Waals surface area contributed by atoms with Crippen LogP contribution in [0.5, 0.6) is 5.75 Å². The molecule has 0 spiro atoms. The molecule has 0 radical (unpaired) electrons. The Morgan fingerprint density at radius 2 is 2.20 bits per heavy atom. The van der Waals surface area contributed by atoms with Gasteiger partial charge in [0.25, 0.3) is 0 Å². The minimum absolute atomic E-state index is 0.273. The zero-order valence-electron chi connectivity index (χ0n) is 12.3. The number of anilines is 1. The van der Waals surface area contributed by atoms with Crippen LogP contribution in [0, 0.1) is 5.92 Å². The first kappa shape index (κ1) is 13.0. The summed E-state index contributed by atoms with van der Waals surface area (Å²) in [6, 6.07) is 8.55. The Hall–Kier alpha value is -1.97. The first-order valence-electron chi connectivity index (χ1n) is 7.19. The van der Waals surface area contributed by atoms with Crippen molar-refractivity contribution in [2.45, 2.75) is 26.3 Å². The molecule has 0 saturated heterocycles. The van der Waals surface area contributed by atoms with Gasteiger partial charge in [0, 0.05) is 24.7 Å². The minimum atomic E-state index is 0.273. The molecule has 2 atom stereocenters. The van der Waals surface area contributed by atoms with E-state index in [2.05, 4.69) is 42.6 Å². The van der Waals surface area contributed by atoms with E-state index in [1.54, 1.807) is 0 Å². The van der Waals surface area contributed by atoms with E-state index in [1.807, 2.05) is 23.9 Å². The number of rotatable bonds is 3. The van der Waals surface area contributed by atoms with Gasteiger partial charge in [-0.2, -0.15) is 5.10 Å². The Bertz CT molecular complexity index is 606. The summed E-state index contributed by atoms with van der Waals surface area (Å²) >= 11 is 0. The first-order chi connectivity index (χ1) is 9.69. The quantitative estimate of drug-likeness (QED) is 0.932. The van der Waals surface area contributed by atoms with Crippen LogP contribution in [0.15, 0.2) is 30.5 Å². The van der Waals surface area contributed by atoms with Gasteiger partial charge in [0.2, 0.25) is 0 Å². The van der Waals surface area contributed by atoms with Crippen molar-refractivity contribution in [3.63, 3.8) is 0 Å². The normalized spacial score (nSPS) is 21.1. The topological polar surface area (TPSA) is 39.1 Å². The Morgan fingerprint density at radius 3 is 3.00 bits per heavy atom. The van der Waals surface area contributed by atoms with E-state index in [4.69, 9.17) is 4.74 Å². The maximum Gasteiger partial charge on any atom is 0.124 e. The van der Waals surface area contributed by atoms with E-state index in [1.165, 1.54) is 5.56 Å². The fraction of sp³-hybridized carbons (Fsp3) is 0.438. The van der Waals surface area contributed by atoms with Crippen molar-refractivity contribution >= 4 is 5.69 Å². The van der Waals surface area contributed by atoms with Gasteiger partial charge in [-0.05, 0) is 12.5 Å². The van der Waals surface area contributed by atoms with Crippen LogP contribution >= 0.6 is 0 Å². The number of para-hydroxylation sites is 1. The summed E-state index contributed by atoms with van der Waals surface area (Å²) in [5, 5.41) is 8.16. The van der Waals surface area contributed by atoms with E-state index in [0.29, 0.717) is 5.92 Å². The number of benzene rings is 1. The number of nitrogens with one attached hydrogen (secondary N) is 1. The number of hydrogen-bond acceptors (Lipinski definition) is 3. The zero-order chi connectivity index (χ0) is 14.1. The molecule has 1 aliphatic rings. The van der Waals surface area contributed by atoms with Crippen molar-refractivity contribution in [2.75, 3.05) is 11.9 Å². The highest BCUT2D eigenvalue weighted by atomic mass is 16.5. The first-order valence-corrected chi connectivity index (χ1v) is 7.19. The lowest BCUT2D eigenvalue weighted by Crippen LogP contribution is -2.28. The van der Waals surface area contributed by atoms with Crippen molar-refractivity contribution in [2.24, 2.45) is 13.0 Å². The number of hydrogen-bond donors (Lipinski definition) is 1. The highest BCUT2D eigenvalue weighted by Gasteiger charge is 2.28. The van der Waals surface area contributed by atoms with Gasteiger partial charge >= 0.3 is 0 Å². The highest BCUT2D eigenvalue weighted by Crippen LogP contribution is 2.37. The van der Waals surface area contributed by atoms with Crippen LogP contribution in [0.2, 0.25) is 0 Å². The predicted octanol–water partition coefficient (Wildman–Crippen LogP) is 3.16. The van der Waals surface area contributed by atoms with Gasteiger partial charge in [-0.3, -0.25) is 4.68 Å². The summed E-state index contributed by atoms with van der Waals surface area (Å²) in [6.07, 6.45) is 2.99. The van der Waals surface area contributed by atoms with Gasteiger partial charge in [0.05, 0.1) is 24.0 Å². The maximum atomic E-state index is 5.80. The largest absolute Gasteiger partial charge is 0.493 e. The van der Waals surface area contributed by atoms with Gasteiger partial charge in [0.1, 0.15) is 5.75 Å². The lowest BCUT2D eigenvalue weighted by atomic mass is 9.92. The van der Waals surface area contributed by atoms with Crippen LogP contribution in [0.1, 0.15) is 31.1 Å². The Kier molecular flexibility index (Phi) is 3.38. The molecule has 1 aromatic carbocycles. The van der Waals surface area contributed by atoms with Gasteiger partial charge in [0.15, 0.2) is 0 Å². The van der Waals surface area contributed by atoms with Crippen LogP contribution < -0.4 is 10.1 Å². The van der Waals surface area contributed by atoms with E-state index in [-0.39, 0.29) is 6.04 Å². The third-order valence-corrected chi connectivity index (χ3v) is 3.88. The van der Waals surface area contributed by atoms with Crippen molar-refractivity contribution in [1.29, 1.82) is 0 Å². The lowest BCUT2D eigenvalue weighted by molar-refractivity contribution is 0.214. The molecule has 4 heteroatoms. The van der Waals surface area contributed by atoms with Crippen molar-refractivity contribution in [3.05, 3.63) is 41.7 Å². The van der Waals surface area contributed by atoms with Crippen molar-refractivity contribution < 1.29 is 4.74 Å². The molecule has 1 aromatic heterocycles. The summed E-state index contributed by atoms with van der Waals surface area (Å²) in [5.41, 5.74) is 3.48. The summed E-state index contributed by atoms with van der Waals surface area (Å²) in [7, 11) is 1.96. The van der Waals surface area contributed by atoms with Gasteiger partial charge in [-0.25, -0.2) is 0 Å². The Morgan fingerprint density at radius 1 is 1.40 bits per heavy atom. The second-order valence-corrected chi connectivity index (χ2v) is 5.46. The smallest absolute Gasteiger partial charge is 0.124 e. The van der Waals surface area contributed by atoms with Crippen LogP contribution in [-0.4, -0.2) is 16.4 Å². The molecule has 20 heavy (non-hydrogen) atoms. The number of nitrogens with zero attached hydrogens (tertiary/aromatic N) is 2.